The van der Waals surface area contributed by atoms with Crippen LogP contribution in [0.5, 0.6) is 0 Å². The third-order valence-electron chi connectivity index (χ3n) is 5.83. The highest BCUT2D eigenvalue weighted by Gasteiger charge is 2.23. The molecule has 38 heavy (non-hydrogen) atoms. The lowest BCUT2D eigenvalue weighted by Crippen LogP contribution is -2.44. The van der Waals surface area contributed by atoms with Crippen LogP contribution >= 0.6 is 15.9 Å². The number of hydrogen-bond acceptors (Lipinski definition) is 4. The van der Waals surface area contributed by atoms with Crippen molar-refractivity contribution >= 4 is 44.5 Å². The number of amides is 3. The largest absolute Gasteiger partial charge is 0.464 e. The second-order valence-corrected chi connectivity index (χ2v) is 9.40. The molecular weight excluding hydrogens is 553 g/mol. The molecule has 0 fully saturated rings. The number of rotatable bonds is 9. The van der Waals surface area contributed by atoms with Gasteiger partial charge in [-0.1, -0.05) is 42.5 Å². The standard InChI is InChI=1S/C29H25BrFN3O4/c1-2-15-33(29(37)32-25-9-5-4-8-24(25)30)18-27(35)34(16-20-11-13-22(31)14-12-20)17-21-19-38-26-10-6-3-7-23(26)28(21)36/h2-14,19H,1,15-18H2,(H,32,37). The van der Waals surface area contributed by atoms with Gasteiger partial charge in [0, 0.05) is 17.6 Å². The zero-order valence-corrected chi connectivity index (χ0v) is 22.0. The lowest BCUT2D eigenvalue weighted by atomic mass is 10.1. The molecule has 0 spiro atoms. The molecule has 1 heterocycles. The van der Waals surface area contributed by atoms with Gasteiger partial charge in [0.2, 0.25) is 5.91 Å². The summed E-state index contributed by atoms with van der Waals surface area (Å²) in [4.78, 5) is 42.5. The number of halogens is 2. The van der Waals surface area contributed by atoms with Gasteiger partial charge in [0.25, 0.3) is 0 Å². The molecular formula is C29H25BrFN3O4. The van der Waals surface area contributed by atoms with Gasteiger partial charge in [-0.3, -0.25) is 9.59 Å². The maximum atomic E-state index is 13.6. The summed E-state index contributed by atoms with van der Waals surface area (Å²) in [6.45, 7) is 3.58. The number of para-hydroxylation sites is 2. The molecule has 0 saturated heterocycles. The minimum atomic E-state index is -0.489. The number of carbonyl (C=O) groups is 2. The molecule has 0 atom stereocenters. The lowest BCUT2D eigenvalue weighted by Gasteiger charge is -2.27. The molecule has 194 valence electrons. The number of carbonyl (C=O) groups excluding carboxylic acids is 2. The first-order chi connectivity index (χ1) is 18.4. The molecule has 0 aliphatic rings. The van der Waals surface area contributed by atoms with Crippen LogP contribution < -0.4 is 10.7 Å². The van der Waals surface area contributed by atoms with Crippen LogP contribution in [0.25, 0.3) is 11.0 Å². The van der Waals surface area contributed by atoms with Crippen molar-refractivity contribution in [3.8, 4) is 0 Å². The average molecular weight is 578 g/mol. The van der Waals surface area contributed by atoms with Crippen LogP contribution in [0.15, 0.2) is 105 Å². The van der Waals surface area contributed by atoms with Crippen molar-refractivity contribution in [1.29, 1.82) is 0 Å². The first kappa shape index (κ1) is 26.8. The quantitative estimate of drug-likeness (QED) is 0.249. The van der Waals surface area contributed by atoms with E-state index >= 15 is 0 Å². The average Bonchev–Trinajstić information content (AvgIpc) is 2.92. The summed E-state index contributed by atoms with van der Waals surface area (Å²) in [6.07, 6.45) is 2.87. The lowest BCUT2D eigenvalue weighted by molar-refractivity contribution is -0.133. The van der Waals surface area contributed by atoms with Gasteiger partial charge < -0.3 is 19.5 Å². The van der Waals surface area contributed by atoms with E-state index < -0.39 is 17.8 Å². The molecule has 9 heteroatoms. The van der Waals surface area contributed by atoms with Gasteiger partial charge in [-0.2, -0.15) is 0 Å². The molecule has 0 aliphatic heterocycles. The Morgan fingerprint density at radius 3 is 2.42 bits per heavy atom. The summed E-state index contributed by atoms with van der Waals surface area (Å²) in [5.41, 5.74) is 1.69. The van der Waals surface area contributed by atoms with E-state index in [4.69, 9.17) is 4.42 Å². The normalized spacial score (nSPS) is 10.7. The van der Waals surface area contributed by atoms with Gasteiger partial charge in [-0.25, -0.2) is 9.18 Å². The van der Waals surface area contributed by atoms with E-state index in [-0.39, 0.29) is 37.2 Å². The van der Waals surface area contributed by atoms with Crippen LogP contribution in [0.1, 0.15) is 11.1 Å². The van der Waals surface area contributed by atoms with E-state index in [2.05, 4.69) is 27.8 Å². The summed E-state index contributed by atoms with van der Waals surface area (Å²) in [6, 6.07) is 19.2. The summed E-state index contributed by atoms with van der Waals surface area (Å²) in [5, 5.41) is 3.19. The fourth-order valence-corrected chi connectivity index (χ4v) is 4.25. The predicted molar refractivity (Wildman–Crippen MR) is 148 cm³/mol. The van der Waals surface area contributed by atoms with Crippen LogP contribution in [0, 0.1) is 5.82 Å². The van der Waals surface area contributed by atoms with Crippen molar-refractivity contribution in [2.45, 2.75) is 13.1 Å². The topological polar surface area (TPSA) is 82.9 Å². The van der Waals surface area contributed by atoms with Crippen LogP contribution in [0.4, 0.5) is 14.9 Å². The van der Waals surface area contributed by atoms with Crippen LogP contribution in [-0.2, 0) is 17.9 Å². The van der Waals surface area contributed by atoms with E-state index in [1.807, 2.05) is 6.07 Å². The van der Waals surface area contributed by atoms with Gasteiger partial charge in [0.15, 0.2) is 5.43 Å². The Hall–Kier alpha value is -4.24. The predicted octanol–water partition coefficient (Wildman–Crippen LogP) is 5.94. The molecule has 0 aliphatic carbocycles. The van der Waals surface area contributed by atoms with E-state index in [9.17, 15) is 18.8 Å². The summed E-state index contributed by atoms with van der Waals surface area (Å²) >= 11 is 3.40. The van der Waals surface area contributed by atoms with Crippen LogP contribution in [0.2, 0.25) is 0 Å². The second-order valence-electron chi connectivity index (χ2n) is 8.54. The Morgan fingerprint density at radius 2 is 1.68 bits per heavy atom. The monoisotopic (exact) mass is 577 g/mol. The number of nitrogens with zero attached hydrogens (tertiary/aromatic N) is 2. The zero-order valence-electron chi connectivity index (χ0n) is 20.4. The van der Waals surface area contributed by atoms with E-state index in [0.29, 0.717) is 26.7 Å². The molecule has 0 saturated carbocycles. The molecule has 3 amide bonds. The minimum absolute atomic E-state index is 0.0584. The highest BCUT2D eigenvalue weighted by Crippen LogP contribution is 2.22. The number of nitrogens with one attached hydrogen (secondary N) is 1. The van der Waals surface area contributed by atoms with Gasteiger partial charge in [0.05, 0.1) is 29.4 Å². The number of anilines is 1. The molecule has 7 nitrogen and oxygen atoms in total. The molecule has 4 rings (SSSR count). The van der Waals surface area contributed by atoms with E-state index in [0.717, 1.165) is 0 Å². The van der Waals surface area contributed by atoms with Crippen molar-refractivity contribution < 1.29 is 18.4 Å². The SMILES string of the molecule is C=CCN(CC(=O)N(Cc1ccc(F)cc1)Cc1coc2ccccc2c1=O)C(=O)Nc1ccccc1Br. The maximum absolute atomic E-state index is 13.6. The Kier molecular flexibility index (Phi) is 8.70. The highest BCUT2D eigenvalue weighted by atomic mass is 79.9. The van der Waals surface area contributed by atoms with Crippen molar-refractivity contribution in [2.24, 2.45) is 0 Å². The zero-order chi connectivity index (χ0) is 27.1. The van der Waals surface area contributed by atoms with Gasteiger partial charge in [-0.15, -0.1) is 6.58 Å². The summed E-state index contributed by atoms with van der Waals surface area (Å²) in [7, 11) is 0. The Morgan fingerprint density at radius 1 is 0.974 bits per heavy atom. The molecule has 0 bridgehead atoms. The smallest absolute Gasteiger partial charge is 0.322 e. The molecule has 4 aromatic rings. The van der Waals surface area contributed by atoms with Crippen molar-refractivity contribution in [2.75, 3.05) is 18.4 Å². The highest BCUT2D eigenvalue weighted by molar-refractivity contribution is 9.10. The van der Waals surface area contributed by atoms with Crippen LogP contribution in [0.3, 0.4) is 0 Å². The molecule has 1 N–H and O–H groups in total. The number of fused-ring (bicyclic) bond motifs is 1. The third kappa shape index (κ3) is 6.54. The minimum Gasteiger partial charge on any atom is -0.464 e. The fraction of sp³-hybridized carbons (Fsp3) is 0.138. The maximum Gasteiger partial charge on any atom is 0.322 e. The number of hydrogen-bond donors (Lipinski definition) is 1. The van der Waals surface area contributed by atoms with E-state index in [1.165, 1.54) is 34.3 Å². The first-order valence-corrected chi connectivity index (χ1v) is 12.6. The molecule has 0 unspecified atom stereocenters. The summed E-state index contributed by atoms with van der Waals surface area (Å²) < 4.78 is 19.8. The molecule has 3 aromatic carbocycles. The number of urea groups is 1. The first-order valence-electron chi connectivity index (χ1n) is 11.8. The Balaban J connectivity index is 1.59. The van der Waals surface area contributed by atoms with Gasteiger partial charge in [-0.05, 0) is 57.9 Å². The van der Waals surface area contributed by atoms with E-state index in [1.54, 1.807) is 54.6 Å². The van der Waals surface area contributed by atoms with Crippen molar-refractivity contribution in [3.05, 3.63) is 123 Å². The van der Waals surface area contributed by atoms with Crippen molar-refractivity contribution in [1.82, 2.24) is 9.80 Å². The molecule has 0 radical (unpaired) electrons. The van der Waals surface area contributed by atoms with Gasteiger partial charge >= 0.3 is 6.03 Å². The van der Waals surface area contributed by atoms with Crippen molar-refractivity contribution in [3.63, 3.8) is 0 Å². The summed E-state index contributed by atoms with van der Waals surface area (Å²) in [5.74, 6) is -0.811. The number of benzene rings is 3. The van der Waals surface area contributed by atoms with Gasteiger partial charge in [0.1, 0.15) is 17.9 Å². The molecule has 1 aromatic heterocycles. The Labute approximate surface area is 227 Å². The second kappa shape index (κ2) is 12.3. The third-order valence-corrected chi connectivity index (χ3v) is 6.52. The Bertz CT molecular complexity index is 1520. The fourth-order valence-electron chi connectivity index (χ4n) is 3.87. The van der Waals surface area contributed by atoms with Crippen LogP contribution in [-0.4, -0.2) is 34.8 Å².